The molecule has 1 atom stereocenters. The van der Waals surface area contributed by atoms with E-state index in [9.17, 15) is 4.79 Å². The zero-order valence-corrected chi connectivity index (χ0v) is 12.5. The number of rotatable bonds is 6. The third kappa shape index (κ3) is 4.35. The van der Waals surface area contributed by atoms with Crippen molar-refractivity contribution in [1.82, 2.24) is 5.32 Å². The number of carbonyl (C=O) groups is 1. The lowest BCUT2D eigenvalue weighted by Gasteiger charge is -2.14. The average molecular weight is 283 g/mol. The van der Waals surface area contributed by atoms with Crippen LogP contribution in [0.1, 0.15) is 36.2 Å². The van der Waals surface area contributed by atoms with Crippen LogP contribution in [0.15, 0.2) is 54.6 Å². The predicted octanol–water partition coefficient (Wildman–Crippen LogP) is 3.79. The van der Waals surface area contributed by atoms with Crippen molar-refractivity contribution in [1.29, 1.82) is 0 Å². The summed E-state index contributed by atoms with van der Waals surface area (Å²) in [5, 5.41) is 2.97. The second-order valence-electron chi connectivity index (χ2n) is 5.05. The van der Waals surface area contributed by atoms with Crippen LogP contribution >= 0.6 is 0 Å². The van der Waals surface area contributed by atoms with Gasteiger partial charge in [0.25, 0.3) is 5.91 Å². The number of nitrogens with one attached hydrogen (secondary N) is 1. The molecule has 0 aliphatic carbocycles. The van der Waals surface area contributed by atoms with E-state index in [1.54, 1.807) is 6.07 Å². The SMILES string of the molecule is CC[C@@H](C)NC(=O)c1ccccc1OCc1ccccc1. The second-order valence-corrected chi connectivity index (χ2v) is 5.05. The lowest BCUT2D eigenvalue weighted by molar-refractivity contribution is 0.0934. The Bertz CT molecular complexity index is 581. The topological polar surface area (TPSA) is 38.3 Å². The molecule has 1 N–H and O–H groups in total. The number of para-hydroxylation sites is 1. The fourth-order valence-electron chi connectivity index (χ4n) is 1.92. The van der Waals surface area contributed by atoms with Gasteiger partial charge in [0.2, 0.25) is 0 Å². The van der Waals surface area contributed by atoms with Gasteiger partial charge in [0.15, 0.2) is 0 Å². The molecule has 2 aromatic carbocycles. The predicted molar refractivity (Wildman–Crippen MR) is 84.4 cm³/mol. The Hall–Kier alpha value is -2.29. The molecule has 0 radical (unpaired) electrons. The Morgan fingerprint density at radius 3 is 2.48 bits per heavy atom. The molecule has 0 unspecified atom stereocenters. The van der Waals surface area contributed by atoms with Crippen molar-refractivity contribution in [2.24, 2.45) is 0 Å². The highest BCUT2D eigenvalue weighted by Gasteiger charge is 2.13. The van der Waals surface area contributed by atoms with Crippen molar-refractivity contribution in [3.63, 3.8) is 0 Å². The van der Waals surface area contributed by atoms with Crippen molar-refractivity contribution < 1.29 is 9.53 Å². The Balaban J connectivity index is 2.08. The van der Waals surface area contributed by atoms with E-state index in [1.165, 1.54) is 0 Å². The third-order valence-corrected chi connectivity index (χ3v) is 3.36. The molecule has 3 nitrogen and oxygen atoms in total. The quantitative estimate of drug-likeness (QED) is 0.876. The molecule has 2 rings (SSSR count). The monoisotopic (exact) mass is 283 g/mol. The van der Waals surface area contributed by atoms with Crippen LogP contribution in [0.5, 0.6) is 5.75 Å². The highest BCUT2D eigenvalue weighted by atomic mass is 16.5. The molecule has 0 aromatic heterocycles. The molecule has 0 aliphatic rings. The summed E-state index contributed by atoms with van der Waals surface area (Å²) in [4.78, 5) is 12.3. The van der Waals surface area contributed by atoms with Crippen molar-refractivity contribution in [2.45, 2.75) is 32.9 Å². The fraction of sp³-hybridized carbons (Fsp3) is 0.278. The lowest BCUT2D eigenvalue weighted by Crippen LogP contribution is -2.32. The third-order valence-electron chi connectivity index (χ3n) is 3.36. The van der Waals surface area contributed by atoms with Crippen LogP contribution in [-0.2, 0) is 6.61 Å². The zero-order chi connectivity index (χ0) is 15.1. The molecule has 0 saturated heterocycles. The van der Waals surface area contributed by atoms with Crippen molar-refractivity contribution >= 4 is 5.91 Å². The normalized spacial score (nSPS) is 11.7. The van der Waals surface area contributed by atoms with E-state index in [2.05, 4.69) is 5.32 Å². The zero-order valence-electron chi connectivity index (χ0n) is 12.5. The Morgan fingerprint density at radius 1 is 1.10 bits per heavy atom. The Morgan fingerprint density at radius 2 is 1.76 bits per heavy atom. The molecule has 0 saturated carbocycles. The minimum absolute atomic E-state index is 0.0898. The van der Waals surface area contributed by atoms with E-state index < -0.39 is 0 Å². The molecule has 2 aromatic rings. The maximum Gasteiger partial charge on any atom is 0.255 e. The van der Waals surface area contributed by atoms with Crippen LogP contribution in [-0.4, -0.2) is 11.9 Å². The molecule has 110 valence electrons. The van der Waals surface area contributed by atoms with Crippen molar-refractivity contribution in [3.05, 3.63) is 65.7 Å². The summed E-state index contributed by atoms with van der Waals surface area (Å²) >= 11 is 0. The molecule has 3 heteroatoms. The molecule has 21 heavy (non-hydrogen) atoms. The van der Waals surface area contributed by atoms with Crippen LogP contribution in [0, 0.1) is 0 Å². The molecule has 0 bridgehead atoms. The summed E-state index contributed by atoms with van der Waals surface area (Å²) in [5.41, 5.74) is 1.66. The number of benzene rings is 2. The molecule has 0 aliphatic heterocycles. The number of hydrogen-bond acceptors (Lipinski definition) is 2. The highest BCUT2D eigenvalue weighted by molar-refractivity contribution is 5.97. The number of amides is 1. The molecular formula is C18H21NO2. The first-order chi connectivity index (χ1) is 10.2. The highest BCUT2D eigenvalue weighted by Crippen LogP contribution is 2.19. The summed E-state index contributed by atoms with van der Waals surface area (Å²) in [6.07, 6.45) is 0.902. The van der Waals surface area contributed by atoms with Gasteiger partial charge in [0, 0.05) is 6.04 Å². The lowest BCUT2D eigenvalue weighted by atomic mass is 10.1. The summed E-state index contributed by atoms with van der Waals surface area (Å²) < 4.78 is 5.80. The first-order valence-electron chi connectivity index (χ1n) is 7.27. The summed E-state index contributed by atoms with van der Waals surface area (Å²) in [6, 6.07) is 17.4. The molecule has 0 spiro atoms. The smallest absolute Gasteiger partial charge is 0.255 e. The van der Waals surface area contributed by atoms with E-state index >= 15 is 0 Å². The molecule has 1 amide bonds. The van der Waals surface area contributed by atoms with Crippen LogP contribution in [0.2, 0.25) is 0 Å². The van der Waals surface area contributed by atoms with Gasteiger partial charge in [-0.1, -0.05) is 49.4 Å². The number of ether oxygens (including phenoxy) is 1. The molecule has 0 fully saturated rings. The minimum atomic E-state index is -0.0898. The van der Waals surface area contributed by atoms with Crippen LogP contribution in [0.25, 0.3) is 0 Å². The maximum absolute atomic E-state index is 12.3. The van der Waals surface area contributed by atoms with Crippen molar-refractivity contribution in [2.75, 3.05) is 0 Å². The first-order valence-corrected chi connectivity index (χ1v) is 7.27. The fourth-order valence-corrected chi connectivity index (χ4v) is 1.92. The molecular weight excluding hydrogens is 262 g/mol. The van der Waals surface area contributed by atoms with E-state index in [4.69, 9.17) is 4.74 Å². The van der Waals surface area contributed by atoms with E-state index in [0.717, 1.165) is 12.0 Å². The van der Waals surface area contributed by atoms with Gasteiger partial charge in [0.05, 0.1) is 5.56 Å². The van der Waals surface area contributed by atoms with Gasteiger partial charge >= 0.3 is 0 Å². The Kier molecular flexibility index (Phi) is 5.38. The van der Waals surface area contributed by atoms with Gasteiger partial charge in [-0.05, 0) is 31.0 Å². The van der Waals surface area contributed by atoms with Crippen LogP contribution in [0.4, 0.5) is 0 Å². The number of carbonyl (C=O) groups excluding carboxylic acids is 1. The summed E-state index contributed by atoms with van der Waals surface area (Å²) in [6.45, 7) is 4.49. The summed E-state index contributed by atoms with van der Waals surface area (Å²) in [7, 11) is 0. The largest absolute Gasteiger partial charge is 0.488 e. The number of hydrogen-bond donors (Lipinski definition) is 1. The first kappa shape index (κ1) is 15.1. The average Bonchev–Trinajstić information content (AvgIpc) is 2.54. The van der Waals surface area contributed by atoms with Gasteiger partial charge < -0.3 is 10.1 Å². The van der Waals surface area contributed by atoms with Gasteiger partial charge in [0.1, 0.15) is 12.4 Å². The Labute approximate surface area is 126 Å². The van der Waals surface area contributed by atoms with E-state index in [1.807, 2.05) is 62.4 Å². The van der Waals surface area contributed by atoms with E-state index in [0.29, 0.717) is 17.9 Å². The second kappa shape index (κ2) is 7.48. The van der Waals surface area contributed by atoms with Gasteiger partial charge in [-0.15, -0.1) is 0 Å². The molecule has 0 heterocycles. The standard InChI is InChI=1S/C18H21NO2/c1-3-14(2)19-18(20)16-11-7-8-12-17(16)21-13-15-9-5-4-6-10-15/h4-12,14H,3,13H2,1-2H3,(H,19,20)/t14-/m1/s1. The van der Waals surface area contributed by atoms with Crippen LogP contribution < -0.4 is 10.1 Å². The maximum atomic E-state index is 12.3. The van der Waals surface area contributed by atoms with Gasteiger partial charge in [-0.2, -0.15) is 0 Å². The van der Waals surface area contributed by atoms with Gasteiger partial charge in [-0.3, -0.25) is 4.79 Å². The summed E-state index contributed by atoms with van der Waals surface area (Å²) in [5.74, 6) is 0.523. The van der Waals surface area contributed by atoms with Crippen molar-refractivity contribution in [3.8, 4) is 5.75 Å². The van der Waals surface area contributed by atoms with E-state index in [-0.39, 0.29) is 11.9 Å². The van der Waals surface area contributed by atoms with Gasteiger partial charge in [-0.25, -0.2) is 0 Å². The minimum Gasteiger partial charge on any atom is -0.488 e. The van der Waals surface area contributed by atoms with Crippen LogP contribution in [0.3, 0.4) is 0 Å².